The van der Waals surface area contributed by atoms with Gasteiger partial charge in [0.15, 0.2) is 5.78 Å². The molecule has 1 aliphatic rings. The molecule has 3 rings (SSSR count). The predicted octanol–water partition coefficient (Wildman–Crippen LogP) is 5.79. The molecular weight excluding hydrogens is 328 g/mol. The molecule has 0 spiro atoms. The van der Waals surface area contributed by atoms with Crippen LogP contribution in [0.15, 0.2) is 18.2 Å². The highest BCUT2D eigenvalue weighted by Gasteiger charge is 2.30. The second-order valence-electron chi connectivity index (χ2n) is 7.99. The molecule has 0 radical (unpaired) electrons. The Balaban J connectivity index is 1.88. The second-order valence-corrected chi connectivity index (χ2v) is 9.21. The summed E-state index contributed by atoms with van der Waals surface area (Å²) >= 11 is 1.64. The molecule has 1 heterocycles. The first-order valence-electron chi connectivity index (χ1n) is 8.82. The molecule has 0 aliphatic heterocycles. The van der Waals surface area contributed by atoms with E-state index in [1.807, 2.05) is 32.1 Å². The van der Waals surface area contributed by atoms with Gasteiger partial charge < -0.3 is 5.11 Å². The van der Waals surface area contributed by atoms with Crippen molar-refractivity contribution in [3.63, 3.8) is 0 Å². The maximum atomic E-state index is 12.8. The van der Waals surface area contributed by atoms with Crippen LogP contribution < -0.4 is 0 Å². The SMILES string of the molecule is Cc1cc(/C=C/C(=O)c2sc(C)c3c2CCC(C)(C)C3)cc(C)c1O. The lowest BCUT2D eigenvalue weighted by atomic mass is 9.74. The molecule has 0 saturated carbocycles. The Kier molecular flexibility index (Phi) is 4.63. The monoisotopic (exact) mass is 354 g/mol. The third-order valence-electron chi connectivity index (χ3n) is 5.19. The van der Waals surface area contributed by atoms with Crippen LogP contribution in [0.1, 0.15) is 62.6 Å². The molecular formula is C22H26O2S. The number of thiophene rings is 1. The molecule has 1 aromatic heterocycles. The zero-order chi connectivity index (χ0) is 18.4. The summed E-state index contributed by atoms with van der Waals surface area (Å²) in [6, 6.07) is 3.81. The zero-order valence-corrected chi connectivity index (χ0v) is 16.5. The predicted molar refractivity (Wildman–Crippen MR) is 106 cm³/mol. The molecule has 0 amide bonds. The molecule has 132 valence electrons. The van der Waals surface area contributed by atoms with Crippen LogP contribution >= 0.6 is 11.3 Å². The third-order valence-corrected chi connectivity index (χ3v) is 6.39. The Hall–Kier alpha value is -1.87. The fraction of sp³-hybridized carbons (Fsp3) is 0.409. The molecule has 1 aromatic carbocycles. The Bertz CT molecular complexity index is 845. The molecule has 2 aromatic rings. The quantitative estimate of drug-likeness (QED) is 0.559. The van der Waals surface area contributed by atoms with E-state index in [9.17, 15) is 9.90 Å². The van der Waals surface area contributed by atoms with E-state index in [4.69, 9.17) is 0 Å². The van der Waals surface area contributed by atoms with Crippen LogP contribution in [0.3, 0.4) is 0 Å². The summed E-state index contributed by atoms with van der Waals surface area (Å²) in [5.41, 5.74) is 5.61. The summed E-state index contributed by atoms with van der Waals surface area (Å²) in [4.78, 5) is 15.0. The lowest BCUT2D eigenvalue weighted by Gasteiger charge is -2.30. The maximum absolute atomic E-state index is 12.8. The van der Waals surface area contributed by atoms with Gasteiger partial charge >= 0.3 is 0 Å². The zero-order valence-electron chi connectivity index (χ0n) is 15.7. The van der Waals surface area contributed by atoms with Crippen molar-refractivity contribution in [2.75, 3.05) is 0 Å². The van der Waals surface area contributed by atoms with Gasteiger partial charge in [-0.1, -0.05) is 19.9 Å². The number of rotatable bonds is 3. The molecule has 0 atom stereocenters. The number of phenolic OH excluding ortho intramolecular Hbond substituents is 1. The molecule has 0 fully saturated rings. The number of aryl methyl sites for hydroxylation is 3. The van der Waals surface area contributed by atoms with Gasteiger partial charge in [-0.15, -0.1) is 11.3 Å². The van der Waals surface area contributed by atoms with Gasteiger partial charge in [-0.25, -0.2) is 0 Å². The fourth-order valence-corrected chi connectivity index (χ4v) is 4.83. The summed E-state index contributed by atoms with van der Waals surface area (Å²) in [6.45, 7) is 10.5. The molecule has 1 N–H and O–H groups in total. The van der Waals surface area contributed by atoms with Gasteiger partial charge in [0.25, 0.3) is 0 Å². The Morgan fingerprint density at radius 1 is 1.16 bits per heavy atom. The number of ketones is 1. The summed E-state index contributed by atoms with van der Waals surface area (Å²) in [5.74, 6) is 0.423. The summed E-state index contributed by atoms with van der Waals surface area (Å²) in [6.07, 6.45) is 6.74. The fourth-order valence-electron chi connectivity index (χ4n) is 3.68. The molecule has 2 nitrogen and oxygen atoms in total. The number of carbonyl (C=O) groups excluding carboxylic acids is 1. The van der Waals surface area contributed by atoms with Gasteiger partial charge in [0.1, 0.15) is 5.75 Å². The van der Waals surface area contributed by atoms with Gasteiger partial charge in [0.05, 0.1) is 4.88 Å². The minimum Gasteiger partial charge on any atom is -0.507 e. The van der Waals surface area contributed by atoms with E-state index < -0.39 is 0 Å². The standard InChI is InChI=1S/C22H26O2S/c1-13-10-16(11-14(2)20(13)24)6-7-19(23)21-17-8-9-22(4,5)12-18(17)15(3)25-21/h6-7,10-11,24H,8-9,12H2,1-5H3/b7-6+. The van der Waals surface area contributed by atoms with Gasteiger partial charge in [0, 0.05) is 4.88 Å². The van der Waals surface area contributed by atoms with E-state index >= 15 is 0 Å². The van der Waals surface area contributed by atoms with Gasteiger partial charge in [0.2, 0.25) is 0 Å². The van der Waals surface area contributed by atoms with Crippen LogP contribution in [0.2, 0.25) is 0 Å². The number of benzene rings is 1. The lowest BCUT2D eigenvalue weighted by molar-refractivity contribution is 0.105. The van der Waals surface area contributed by atoms with Crippen molar-refractivity contribution >= 4 is 23.2 Å². The molecule has 0 saturated heterocycles. The first-order valence-corrected chi connectivity index (χ1v) is 9.63. The van der Waals surface area contributed by atoms with Gasteiger partial charge in [-0.2, -0.15) is 0 Å². The van der Waals surface area contributed by atoms with E-state index in [-0.39, 0.29) is 5.78 Å². The lowest BCUT2D eigenvalue weighted by Crippen LogP contribution is -2.22. The van der Waals surface area contributed by atoms with E-state index in [1.54, 1.807) is 17.4 Å². The van der Waals surface area contributed by atoms with Crippen LogP contribution in [-0.4, -0.2) is 10.9 Å². The van der Waals surface area contributed by atoms with Crippen LogP contribution in [0.4, 0.5) is 0 Å². The minimum atomic E-state index is 0.0948. The summed E-state index contributed by atoms with van der Waals surface area (Å²) in [5, 5.41) is 9.87. The van der Waals surface area contributed by atoms with Crippen LogP contribution in [0.25, 0.3) is 6.08 Å². The highest BCUT2D eigenvalue weighted by molar-refractivity contribution is 7.14. The number of fused-ring (bicyclic) bond motifs is 1. The number of carbonyl (C=O) groups is 1. The highest BCUT2D eigenvalue weighted by Crippen LogP contribution is 2.41. The Morgan fingerprint density at radius 2 is 1.80 bits per heavy atom. The Labute approximate surface area is 154 Å². The van der Waals surface area contributed by atoms with Crippen molar-refractivity contribution in [3.8, 4) is 5.75 Å². The molecule has 0 unspecified atom stereocenters. The van der Waals surface area contributed by atoms with E-state index in [0.29, 0.717) is 11.2 Å². The first kappa shape index (κ1) is 17.9. The normalized spacial score (nSPS) is 16.2. The van der Waals surface area contributed by atoms with Crippen molar-refractivity contribution in [2.45, 2.75) is 53.9 Å². The number of allylic oxidation sites excluding steroid dienone is 1. The van der Waals surface area contributed by atoms with Crippen LogP contribution in [0, 0.1) is 26.2 Å². The van der Waals surface area contributed by atoms with Gasteiger partial charge in [-0.05, 0) is 91.5 Å². The van der Waals surface area contributed by atoms with Crippen molar-refractivity contribution in [1.29, 1.82) is 0 Å². The van der Waals surface area contributed by atoms with E-state index in [1.165, 1.54) is 16.0 Å². The van der Waals surface area contributed by atoms with Crippen molar-refractivity contribution in [1.82, 2.24) is 0 Å². The highest BCUT2D eigenvalue weighted by atomic mass is 32.1. The first-order chi connectivity index (χ1) is 11.7. The van der Waals surface area contributed by atoms with Crippen LogP contribution in [0.5, 0.6) is 5.75 Å². The topological polar surface area (TPSA) is 37.3 Å². The molecule has 1 aliphatic carbocycles. The number of aromatic hydroxyl groups is 1. The Morgan fingerprint density at radius 3 is 2.44 bits per heavy atom. The van der Waals surface area contributed by atoms with Crippen molar-refractivity contribution in [2.24, 2.45) is 5.41 Å². The average molecular weight is 355 g/mol. The van der Waals surface area contributed by atoms with Gasteiger partial charge in [-0.3, -0.25) is 4.79 Å². The smallest absolute Gasteiger partial charge is 0.196 e. The average Bonchev–Trinajstić information content (AvgIpc) is 2.85. The van der Waals surface area contributed by atoms with Crippen molar-refractivity contribution < 1.29 is 9.90 Å². The number of hydrogen-bond donors (Lipinski definition) is 1. The van der Waals surface area contributed by atoms with E-state index in [0.717, 1.165) is 40.8 Å². The van der Waals surface area contributed by atoms with Crippen LogP contribution in [-0.2, 0) is 12.8 Å². The minimum absolute atomic E-state index is 0.0948. The number of hydrogen-bond acceptors (Lipinski definition) is 3. The molecule has 3 heteroatoms. The largest absolute Gasteiger partial charge is 0.507 e. The summed E-state index contributed by atoms with van der Waals surface area (Å²) in [7, 11) is 0. The maximum Gasteiger partial charge on any atom is 0.196 e. The molecule has 0 bridgehead atoms. The second kappa shape index (κ2) is 6.45. The van der Waals surface area contributed by atoms with Crippen molar-refractivity contribution in [3.05, 3.63) is 55.8 Å². The van der Waals surface area contributed by atoms with E-state index in [2.05, 4.69) is 20.8 Å². The third kappa shape index (κ3) is 3.57. The molecule has 25 heavy (non-hydrogen) atoms. The number of phenols is 1. The summed E-state index contributed by atoms with van der Waals surface area (Å²) < 4.78 is 0.